The topological polar surface area (TPSA) is 75.4 Å². The number of rotatable bonds is 3. The molecule has 1 saturated heterocycles. The van der Waals surface area contributed by atoms with E-state index in [4.69, 9.17) is 0 Å². The Morgan fingerprint density at radius 2 is 2.00 bits per heavy atom. The summed E-state index contributed by atoms with van der Waals surface area (Å²) in [7, 11) is 0. The minimum absolute atomic E-state index is 0.272. The first-order valence-electron chi connectivity index (χ1n) is 7.70. The zero-order chi connectivity index (χ0) is 16.4. The summed E-state index contributed by atoms with van der Waals surface area (Å²) in [6, 6.07) is 8.72. The molecule has 6 heteroatoms. The molecule has 2 atom stereocenters. The third-order valence-electron chi connectivity index (χ3n) is 4.26. The molecule has 1 aliphatic rings. The van der Waals surface area contributed by atoms with Crippen molar-refractivity contribution in [3.05, 3.63) is 48.3 Å². The van der Waals surface area contributed by atoms with E-state index in [9.17, 15) is 14.7 Å². The maximum atomic E-state index is 12.7. The largest absolute Gasteiger partial charge is 0.480 e. The van der Waals surface area contributed by atoms with E-state index in [1.165, 1.54) is 11.1 Å². The Bertz CT molecular complexity index is 711. The number of carboxylic acids is 1. The number of para-hydroxylation sites is 1. The third kappa shape index (κ3) is 3.11. The summed E-state index contributed by atoms with van der Waals surface area (Å²) in [5.41, 5.74) is 1.27. The Hall–Kier alpha value is -2.63. The Morgan fingerprint density at radius 3 is 2.70 bits per heavy atom. The minimum atomic E-state index is -0.944. The zero-order valence-electron chi connectivity index (χ0n) is 12.9. The SMILES string of the molecule is CC1CCN(C(=O)c2cnn(-c3ccccc3)c2)C(C(=O)O)C1. The van der Waals surface area contributed by atoms with E-state index in [1.807, 2.05) is 37.3 Å². The molecule has 23 heavy (non-hydrogen) atoms. The van der Waals surface area contributed by atoms with Crippen LogP contribution >= 0.6 is 0 Å². The molecule has 1 amide bonds. The highest BCUT2D eigenvalue weighted by Gasteiger charge is 2.35. The predicted molar refractivity (Wildman–Crippen MR) is 84.4 cm³/mol. The first-order chi connectivity index (χ1) is 11.1. The number of hydrogen-bond acceptors (Lipinski definition) is 3. The lowest BCUT2D eigenvalue weighted by Crippen LogP contribution is -2.49. The van der Waals surface area contributed by atoms with Crippen LogP contribution in [0, 0.1) is 5.92 Å². The fourth-order valence-corrected chi connectivity index (χ4v) is 2.94. The molecule has 0 radical (unpaired) electrons. The van der Waals surface area contributed by atoms with Crippen molar-refractivity contribution in [1.29, 1.82) is 0 Å². The number of likely N-dealkylation sites (tertiary alicyclic amines) is 1. The van der Waals surface area contributed by atoms with E-state index < -0.39 is 12.0 Å². The Labute approximate surface area is 134 Å². The molecule has 0 saturated carbocycles. The molecule has 2 heterocycles. The predicted octanol–water partition coefficient (Wildman–Crippen LogP) is 2.20. The average Bonchev–Trinajstić information content (AvgIpc) is 3.05. The van der Waals surface area contributed by atoms with Crippen molar-refractivity contribution in [2.24, 2.45) is 5.92 Å². The highest BCUT2D eigenvalue weighted by Crippen LogP contribution is 2.24. The van der Waals surface area contributed by atoms with Gasteiger partial charge in [0.05, 0.1) is 17.4 Å². The number of aromatic nitrogens is 2. The van der Waals surface area contributed by atoms with Gasteiger partial charge in [0.15, 0.2) is 0 Å². The maximum absolute atomic E-state index is 12.7. The van der Waals surface area contributed by atoms with Crippen molar-refractivity contribution in [3.8, 4) is 5.69 Å². The number of piperidine rings is 1. The lowest BCUT2D eigenvalue weighted by Gasteiger charge is -2.35. The van der Waals surface area contributed by atoms with Crippen molar-refractivity contribution in [2.45, 2.75) is 25.8 Å². The molecule has 120 valence electrons. The fraction of sp³-hybridized carbons (Fsp3) is 0.353. The fourth-order valence-electron chi connectivity index (χ4n) is 2.94. The van der Waals surface area contributed by atoms with Crippen LogP contribution in [0.3, 0.4) is 0 Å². The van der Waals surface area contributed by atoms with Gasteiger partial charge in [-0.05, 0) is 30.9 Å². The summed E-state index contributed by atoms with van der Waals surface area (Å²) in [6.07, 6.45) is 4.46. The van der Waals surface area contributed by atoms with Gasteiger partial charge in [-0.1, -0.05) is 25.1 Å². The summed E-state index contributed by atoms with van der Waals surface area (Å²) in [6.45, 7) is 2.48. The molecular formula is C17H19N3O3. The molecule has 0 bridgehead atoms. The Balaban J connectivity index is 1.83. The summed E-state index contributed by atoms with van der Waals surface area (Å²) >= 11 is 0. The van der Waals surface area contributed by atoms with Gasteiger partial charge < -0.3 is 10.0 Å². The summed E-state index contributed by atoms with van der Waals surface area (Å²) in [4.78, 5) is 25.6. The molecule has 6 nitrogen and oxygen atoms in total. The van der Waals surface area contributed by atoms with Crippen LogP contribution in [-0.2, 0) is 4.79 Å². The smallest absolute Gasteiger partial charge is 0.326 e. The molecule has 2 aromatic rings. The molecule has 1 aromatic carbocycles. The lowest BCUT2D eigenvalue weighted by molar-refractivity contribution is -0.144. The molecule has 2 unspecified atom stereocenters. The minimum Gasteiger partial charge on any atom is -0.480 e. The van der Waals surface area contributed by atoms with Crippen LogP contribution < -0.4 is 0 Å². The normalized spacial score (nSPS) is 21.2. The molecular weight excluding hydrogens is 294 g/mol. The Morgan fingerprint density at radius 1 is 1.26 bits per heavy atom. The van der Waals surface area contributed by atoms with Gasteiger partial charge in [0.1, 0.15) is 6.04 Å². The van der Waals surface area contributed by atoms with Crippen molar-refractivity contribution < 1.29 is 14.7 Å². The summed E-state index contributed by atoms with van der Waals surface area (Å²) in [5, 5.41) is 13.6. The van der Waals surface area contributed by atoms with Crippen LogP contribution in [0.2, 0.25) is 0 Å². The van der Waals surface area contributed by atoms with Crippen molar-refractivity contribution in [2.75, 3.05) is 6.54 Å². The summed E-state index contributed by atoms with van der Waals surface area (Å²) < 4.78 is 1.62. The van der Waals surface area contributed by atoms with E-state index in [2.05, 4.69) is 5.10 Å². The van der Waals surface area contributed by atoms with E-state index >= 15 is 0 Å². The number of nitrogens with zero attached hydrogens (tertiary/aromatic N) is 3. The van der Waals surface area contributed by atoms with Crippen LogP contribution in [0.4, 0.5) is 0 Å². The number of carbonyl (C=O) groups excluding carboxylic acids is 1. The third-order valence-corrected chi connectivity index (χ3v) is 4.26. The van der Waals surface area contributed by atoms with Crippen LogP contribution in [0.25, 0.3) is 5.69 Å². The number of hydrogen-bond donors (Lipinski definition) is 1. The van der Waals surface area contributed by atoms with Gasteiger partial charge in [0, 0.05) is 12.7 Å². The van der Waals surface area contributed by atoms with E-state index in [1.54, 1.807) is 10.9 Å². The number of carbonyl (C=O) groups is 2. The standard InChI is InChI=1S/C17H19N3O3/c1-12-7-8-19(15(9-12)17(22)23)16(21)13-10-18-20(11-13)14-5-3-2-4-6-14/h2-6,10-12,15H,7-9H2,1H3,(H,22,23). The van der Waals surface area contributed by atoms with Gasteiger partial charge in [0.2, 0.25) is 0 Å². The second-order valence-electron chi connectivity index (χ2n) is 5.99. The molecule has 0 aliphatic carbocycles. The van der Waals surface area contributed by atoms with Gasteiger partial charge >= 0.3 is 5.97 Å². The quantitative estimate of drug-likeness (QED) is 0.942. The first-order valence-corrected chi connectivity index (χ1v) is 7.70. The van der Waals surface area contributed by atoms with E-state index in [-0.39, 0.29) is 5.91 Å². The van der Waals surface area contributed by atoms with Crippen LogP contribution in [0.15, 0.2) is 42.7 Å². The molecule has 1 fully saturated rings. The zero-order valence-corrected chi connectivity index (χ0v) is 12.9. The number of benzene rings is 1. The molecule has 0 spiro atoms. The molecule has 1 aromatic heterocycles. The average molecular weight is 313 g/mol. The molecule has 1 N–H and O–H groups in total. The van der Waals surface area contributed by atoms with Gasteiger partial charge in [-0.25, -0.2) is 9.48 Å². The number of aliphatic carboxylic acids is 1. The lowest BCUT2D eigenvalue weighted by atomic mass is 9.92. The number of carboxylic acid groups (broad SMARTS) is 1. The van der Waals surface area contributed by atoms with Crippen molar-refractivity contribution >= 4 is 11.9 Å². The van der Waals surface area contributed by atoms with Crippen molar-refractivity contribution in [3.63, 3.8) is 0 Å². The summed E-state index contributed by atoms with van der Waals surface area (Å²) in [5.74, 6) is -0.904. The monoisotopic (exact) mass is 313 g/mol. The molecule has 3 rings (SSSR count). The van der Waals surface area contributed by atoms with Crippen LogP contribution in [0.1, 0.15) is 30.1 Å². The van der Waals surface area contributed by atoms with Gasteiger partial charge in [0.25, 0.3) is 5.91 Å². The van der Waals surface area contributed by atoms with Gasteiger partial charge in [-0.2, -0.15) is 5.10 Å². The molecule has 1 aliphatic heterocycles. The van der Waals surface area contributed by atoms with E-state index in [0.717, 1.165) is 12.1 Å². The van der Waals surface area contributed by atoms with Crippen LogP contribution in [-0.4, -0.2) is 44.3 Å². The second kappa shape index (κ2) is 6.24. The highest BCUT2D eigenvalue weighted by atomic mass is 16.4. The Kier molecular flexibility index (Phi) is 4.14. The second-order valence-corrected chi connectivity index (χ2v) is 5.99. The highest BCUT2D eigenvalue weighted by molar-refractivity contribution is 5.96. The van der Waals surface area contributed by atoms with Crippen molar-refractivity contribution in [1.82, 2.24) is 14.7 Å². The maximum Gasteiger partial charge on any atom is 0.326 e. The van der Waals surface area contributed by atoms with E-state index in [0.29, 0.717) is 24.4 Å². The van der Waals surface area contributed by atoms with Gasteiger partial charge in [-0.3, -0.25) is 4.79 Å². The number of amides is 1. The van der Waals surface area contributed by atoms with Crippen LogP contribution in [0.5, 0.6) is 0 Å². The van der Waals surface area contributed by atoms with Gasteiger partial charge in [-0.15, -0.1) is 0 Å². The first kappa shape index (κ1) is 15.3.